The lowest BCUT2D eigenvalue weighted by Crippen LogP contribution is -2.16. The van der Waals surface area contributed by atoms with Crippen molar-refractivity contribution in [2.45, 2.75) is 31.7 Å². The van der Waals surface area contributed by atoms with Crippen LogP contribution in [-0.2, 0) is 0 Å². The van der Waals surface area contributed by atoms with Crippen molar-refractivity contribution >= 4 is 23.2 Å². The monoisotopic (exact) mass is 268 g/mol. The summed E-state index contributed by atoms with van der Waals surface area (Å²) in [6.07, 6.45) is 4.78. The molecule has 0 atom stereocenters. The molecule has 0 saturated heterocycles. The topological polar surface area (TPSA) is 64.3 Å². The molecule has 4 nitrogen and oxygen atoms in total. The van der Waals surface area contributed by atoms with Crippen LogP contribution in [0.4, 0.5) is 5.69 Å². The van der Waals surface area contributed by atoms with Gasteiger partial charge in [-0.1, -0.05) is 24.4 Å². The Kier molecular flexibility index (Phi) is 3.97. The molecule has 3 N–H and O–H groups in total. The summed E-state index contributed by atoms with van der Waals surface area (Å²) >= 11 is 6.16. The summed E-state index contributed by atoms with van der Waals surface area (Å²) in [4.78, 5) is 11.3. The van der Waals surface area contributed by atoms with Gasteiger partial charge in [0.25, 0.3) is 5.91 Å². The highest BCUT2D eigenvalue weighted by atomic mass is 35.5. The van der Waals surface area contributed by atoms with Gasteiger partial charge in [-0.3, -0.25) is 4.79 Å². The van der Waals surface area contributed by atoms with E-state index >= 15 is 0 Å². The minimum atomic E-state index is -0.541. The van der Waals surface area contributed by atoms with Gasteiger partial charge in [0.1, 0.15) is 5.75 Å². The Bertz CT molecular complexity index is 457. The van der Waals surface area contributed by atoms with Gasteiger partial charge in [0.2, 0.25) is 0 Å². The van der Waals surface area contributed by atoms with Crippen LogP contribution in [0.3, 0.4) is 0 Å². The first kappa shape index (κ1) is 13.0. The third-order valence-corrected chi connectivity index (χ3v) is 3.58. The Balaban J connectivity index is 2.27. The summed E-state index contributed by atoms with van der Waals surface area (Å²) < 4.78 is 5.17. The van der Waals surface area contributed by atoms with E-state index < -0.39 is 5.91 Å². The highest BCUT2D eigenvalue weighted by molar-refractivity contribution is 6.33. The number of rotatable bonds is 4. The fourth-order valence-corrected chi connectivity index (χ4v) is 2.53. The molecule has 18 heavy (non-hydrogen) atoms. The molecule has 5 heteroatoms. The van der Waals surface area contributed by atoms with Crippen LogP contribution in [0, 0.1) is 0 Å². The SMILES string of the molecule is COc1cc(NC2CCCC2)c(Cl)cc1C(N)=O. The van der Waals surface area contributed by atoms with Crippen molar-refractivity contribution in [1.82, 2.24) is 0 Å². The minimum absolute atomic E-state index is 0.305. The summed E-state index contributed by atoms with van der Waals surface area (Å²) in [6.45, 7) is 0. The van der Waals surface area contributed by atoms with E-state index in [2.05, 4.69) is 5.32 Å². The average molecular weight is 269 g/mol. The van der Waals surface area contributed by atoms with Crippen molar-refractivity contribution < 1.29 is 9.53 Å². The molecule has 2 rings (SSSR count). The summed E-state index contributed by atoms with van der Waals surface area (Å²) in [6, 6.07) is 3.74. The number of nitrogens with one attached hydrogen (secondary N) is 1. The average Bonchev–Trinajstić information content (AvgIpc) is 2.83. The van der Waals surface area contributed by atoms with Crippen molar-refractivity contribution in [3.05, 3.63) is 22.7 Å². The van der Waals surface area contributed by atoms with Gasteiger partial charge >= 0.3 is 0 Å². The first-order chi connectivity index (χ1) is 8.61. The quantitative estimate of drug-likeness (QED) is 0.883. The number of benzene rings is 1. The van der Waals surface area contributed by atoms with E-state index in [4.69, 9.17) is 22.1 Å². The number of methoxy groups -OCH3 is 1. The number of carbonyl (C=O) groups excluding carboxylic acids is 1. The van der Waals surface area contributed by atoms with Crippen molar-refractivity contribution in [1.29, 1.82) is 0 Å². The van der Waals surface area contributed by atoms with Gasteiger partial charge in [0.15, 0.2) is 0 Å². The molecule has 98 valence electrons. The molecular weight excluding hydrogens is 252 g/mol. The van der Waals surface area contributed by atoms with Gasteiger partial charge in [0, 0.05) is 12.1 Å². The maximum Gasteiger partial charge on any atom is 0.252 e. The first-order valence-corrected chi connectivity index (χ1v) is 6.43. The number of amides is 1. The normalized spacial score (nSPS) is 15.7. The molecule has 0 unspecified atom stereocenters. The van der Waals surface area contributed by atoms with Crippen molar-refractivity contribution in [2.75, 3.05) is 12.4 Å². The van der Waals surface area contributed by atoms with E-state index in [-0.39, 0.29) is 0 Å². The fraction of sp³-hybridized carbons (Fsp3) is 0.462. The lowest BCUT2D eigenvalue weighted by atomic mass is 10.1. The predicted octanol–water partition coefficient (Wildman–Crippen LogP) is 2.80. The van der Waals surface area contributed by atoms with Crippen LogP contribution in [0.2, 0.25) is 5.02 Å². The zero-order valence-corrected chi connectivity index (χ0v) is 11.1. The predicted molar refractivity (Wildman–Crippen MR) is 72.4 cm³/mol. The molecule has 1 aliphatic carbocycles. The molecule has 0 heterocycles. The Labute approximate surface area is 111 Å². The molecule has 0 radical (unpaired) electrons. The maximum atomic E-state index is 11.3. The lowest BCUT2D eigenvalue weighted by Gasteiger charge is -2.17. The molecule has 0 spiro atoms. The van der Waals surface area contributed by atoms with Crippen molar-refractivity contribution in [2.24, 2.45) is 5.73 Å². The number of ether oxygens (including phenoxy) is 1. The van der Waals surface area contributed by atoms with Crippen molar-refractivity contribution in [3.63, 3.8) is 0 Å². The molecule has 1 aromatic rings. The third kappa shape index (κ3) is 2.70. The van der Waals surface area contributed by atoms with E-state index in [0.29, 0.717) is 22.4 Å². The number of nitrogens with two attached hydrogens (primary N) is 1. The van der Waals surface area contributed by atoms with Gasteiger partial charge in [-0.05, 0) is 18.9 Å². The number of hydrogen-bond donors (Lipinski definition) is 2. The number of anilines is 1. The minimum Gasteiger partial charge on any atom is -0.496 e. The summed E-state index contributed by atoms with van der Waals surface area (Å²) in [5, 5.41) is 3.88. The van der Waals surface area contributed by atoms with Crippen LogP contribution in [0.5, 0.6) is 5.75 Å². The zero-order chi connectivity index (χ0) is 13.1. The van der Waals surface area contributed by atoms with E-state index in [1.807, 2.05) is 0 Å². The van der Waals surface area contributed by atoms with Crippen LogP contribution in [-0.4, -0.2) is 19.1 Å². The van der Waals surface area contributed by atoms with Crippen LogP contribution in [0.15, 0.2) is 12.1 Å². The second-order valence-corrected chi connectivity index (χ2v) is 4.93. The van der Waals surface area contributed by atoms with Gasteiger partial charge < -0.3 is 15.8 Å². The van der Waals surface area contributed by atoms with Crippen molar-refractivity contribution in [3.8, 4) is 5.75 Å². The molecule has 0 aromatic heterocycles. The Morgan fingerprint density at radius 1 is 1.44 bits per heavy atom. The highest BCUT2D eigenvalue weighted by Crippen LogP contribution is 2.33. The van der Waals surface area contributed by atoms with Crippen LogP contribution in [0.25, 0.3) is 0 Å². The standard InChI is InChI=1S/C13H17ClN2O2/c1-18-12-7-11(16-8-4-2-3-5-8)10(14)6-9(12)13(15)17/h6-8,16H,2-5H2,1H3,(H2,15,17). The molecule has 0 aliphatic heterocycles. The van der Waals surface area contributed by atoms with Crippen LogP contribution >= 0.6 is 11.6 Å². The van der Waals surface area contributed by atoms with Gasteiger partial charge in [-0.2, -0.15) is 0 Å². The number of carbonyl (C=O) groups is 1. The molecule has 1 aliphatic rings. The van der Waals surface area contributed by atoms with E-state index in [1.54, 1.807) is 12.1 Å². The number of hydrogen-bond acceptors (Lipinski definition) is 3. The molecular formula is C13H17ClN2O2. The third-order valence-electron chi connectivity index (χ3n) is 3.27. The zero-order valence-electron chi connectivity index (χ0n) is 10.3. The van der Waals surface area contributed by atoms with E-state index in [0.717, 1.165) is 18.5 Å². The Morgan fingerprint density at radius 3 is 2.67 bits per heavy atom. The highest BCUT2D eigenvalue weighted by Gasteiger charge is 2.18. The van der Waals surface area contributed by atoms with Crippen LogP contribution in [0.1, 0.15) is 36.0 Å². The van der Waals surface area contributed by atoms with Crippen LogP contribution < -0.4 is 15.8 Å². The number of primary amides is 1. The fourth-order valence-electron chi connectivity index (χ4n) is 2.32. The van der Waals surface area contributed by atoms with E-state index in [1.165, 1.54) is 20.0 Å². The molecule has 0 bridgehead atoms. The van der Waals surface area contributed by atoms with Gasteiger partial charge in [0.05, 0.1) is 23.4 Å². The second kappa shape index (κ2) is 5.48. The molecule has 1 saturated carbocycles. The number of halogens is 1. The molecule has 1 fully saturated rings. The summed E-state index contributed by atoms with van der Waals surface area (Å²) in [7, 11) is 1.51. The summed E-state index contributed by atoms with van der Waals surface area (Å²) in [5.41, 5.74) is 6.38. The Morgan fingerprint density at radius 2 is 2.11 bits per heavy atom. The lowest BCUT2D eigenvalue weighted by molar-refractivity contribution is 0.0997. The largest absolute Gasteiger partial charge is 0.496 e. The van der Waals surface area contributed by atoms with E-state index in [9.17, 15) is 4.79 Å². The Hall–Kier alpha value is -1.42. The second-order valence-electron chi connectivity index (χ2n) is 4.52. The maximum absolute atomic E-state index is 11.3. The van der Waals surface area contributed by atoms with Gasteiger partial charge in [-0.25, -0.2) is 0 Å². The first-order valence-electron chi connectivity index (χ1n) is 6.05. The van der Waals surface area contributed by atoms with Gasteiger partial charge in [-0.15, -0.1) is 0 Å². The molecule has 1 aromatic carbocycles. The summed E-state index contributed by atoms with van der Waals surface area (Å²) in [5.74, 6) is -0.0893. The molecule has 1 amide bonds. The smallest absolute Gasteiger partial charge is 0.252 e.